The Bertz CT molecular complexity index is 1660. The van der Waals surface area contributed by atoms with Crippen molar-refractivity contribution in [3.05, 3.63) is 73.8 Å². The number of aromatic nitrogens is 2. The smallest absolute Gasteiger partial charge is 0.308 e. The van der Waals surface area contributed by atoms with E-state index in [0.717, 1.165) is 36.6 Å². The summed E-state index contributed by atoms with van der Waals surface area (Å²) in [5.41, 5.74) is 4.70. The van der Waals surface area contributed by atoms with Gasteiger partial charge in [-0.15, -0.1) is 11.3 Å². The van der Waals surface area contributed by atoms with Crippen LogP contribution in [-0.2, 0) is 22.4 Å². The zero-order valence-corrected chi connectivity index (χ0v) is 23.4. The average Bonchev–Trinajstić information content (AvgIpc) is 3.50. The molecule has 1 amide bonds. The van der Waals surface area contributed by atoms with Crippen LogP contribution in [0.3, 0.4) is 0 Å². The molecule has 2 aromatic carbocycles. The summed E-state index contributed by atoms with van der Waals surface area (Å²) in [5.74, 6) is -0.196. The molecule has 2 heterocycles. The fraction of sp³-hybridized carbons (Fsp3) is 0.222. The van der Waals surface area contributed by atoms with E-state index < -0.39 is 5.97 Å². The van der Waals surface area contributed by atoms with Gasteiger partial charge in [0.25, 0.3) is 11.5 Å². The number of thiophene rings is 1. The molecule has 12 heteroatoms. The van der Waals surface area contributed by atoms with Crippen molar-refractivity contribution in [2.75, 3.05) is 12.9 Å². The number of esters is 1. The highest BCUT2D eigenvalue weighted by Gasteiger charge is 2.24. The quantitative estimate of drug-likeness (QED) is 0.0795. The molecule has 0 bridgehead atoms. The molecule has 200 valence electrons. The van der Waals surface area contributed by atoms with Crippen molar-refractivity contribution in [2.45, 2.75) is 31.3 Å². The van der Waals surface area contributed by atoms with Crippen LogP contribution in [0.15, 0.2) is 57.5 Å². The Hall–Kier alpha value is -3.67. The molecule has 0 unspecified atom stereocenters. The van der Waals surface area contributed by atoms with Gasteiger partial charge in [-0.25, -0.2) is 10.4 Å². The minimum absolute atomic E-state index is 0.0112. The van der Waals surface area contributed by atoms with E-state index >= 15 is 0 Å². The lowest BCUT2D eigenvalue weighted by molar-refractivity contribution is -0.132. The summed E-state index contributed by atoms with van der Waals surface area (Å²) >= 11 is 8.78. The number of rotatable bonds is 8. The number of nitrogens with zero attached hydrogens (tertiary/aromatic N) is 3. The van der Waals surface area contributed by atoms with Crippen LogP contribution in [-0.4, -0.2) is 40.5 Å². The molecule has 0 spiro atoms. The van der Waals surface area contributed by atoms with E-state index in [1.165, 1.54) is 25.1 Å². The summed E-state index contributed by atoms with van der Waals surface area (Å²) in [6, 6.07) is 11.8. The van der Waals surface area contributed by atoms with Gasteiger partial charge in [0.15, 0.2) is 16.7 Å². The van der Waals surface area contributed by atoms with Crippen LogP contribution in [0.25, 0.3) is 15.9 Å². The second-order valence-corrected chi connectivity index (χ2v) is 11.1. The maximum absolute atomic E-state index is 13.7. The number of benzene rings is 2. The van der Waals surface area contributed by atoms with E-state index in [2.05, 4.69) is 10.5 Å². The molecule has 0 radical (unpaired) electrons. The SMILES string of the molecule is COc1cc(C=NNC(=O)CSc2nc3sc4c(c3c(=O)n2-c2ccc(Cl)cc2)CCC4)ccc1OC(C)=O. The van der Waals surface area contributed by atoms with Crippen LogP contribution in [0.4, 0.5) is 0 Å². The standard InChI is InChI=1S/C27H23ClN4O5S2/c1-15(33)37-20-11-6-16(12-21(20)36-2)13-29-31-23(34)14-38-27-30-25-24(19-4-3-5-22(19)39-25)26(35)32(27)18-9-7-17(28)8-10-18/h6-13H,3-5,14H2,1-2H3,(H,31,34). The molecule has 9 nitrogen and oxygen atoms in total. The Morgan fingerprint density at radius 1 is 1.21 bits per heavy atom. The van der Waals surface area contributed by atoms with Crippen LogP contribution in [0.5, 0.6) is 11.5 Å². The molecular weight excluding hydrogens is 560 g/mol. The predicted octanol–water partition coefficient (Wildman–Crippen LogP) is 4.77. The zero-order chi connectivity index (χ0) is 27.5. The molecule has 2 aromatic heterocycles. The summed E-state index contributed by atoms with van der Waals surface area (Å²) in [7, 11) is 1.46. The first-order chi connectivity index (χ1) is 18.8. The van der Waals surface area contributed by atoms with E-state index in [9.17, 15) is 14.4 Å². The van der Waals surface area contributed by atoms with Gasteiger partial charge in [0.1, 0.15) is 4.83 Å². The van der Waals surface area contributed by atoms with Crippen LogP contribution in [0.2, 0.25) is 5.02 Å². The lowest BCUT2D eigenvalue weighted by Gasteiger charge is -2.12. The Kier molecular flexibility index (Phi) is 8.01. The number of ether oxygens (including phenoxy) is 2. The summed E-state index contributed by atoms with van der Waals surface area (Å²) in [6.07, 6.45) is 4.32. The minimum atomic E-state index is -0.460. The van der Waals surface area contributed by atoms with E-state index in [1.54, 1.807) is 58.4 Å². The Morgan fingerprint density at radius 2 is 2.00 bits per heavy atom. The van der Waals surface area contributed by atoms with E-state index in [-0.39, 0.29) is 23.0 Å². The van der Waals surface area contributed by atoms with Crippen molar-refractivity contribution in [2.24, 2.45) is 5.10 Å². The number of hydrogen-bond donors (Lipinski definition) is 1. The summed E-state index contributed by atoms with van der Waals surface area (Å²) < 4.78 is 11.9. The van der Waals surface area contributed by atoms with Gasteiger partial charge in [-0.3, -0.25) is 19.0 Å². The zero-order valence-electron chi connectivity index (χ0n) is 21.0. The fourth-order valence-corrected chi connectivity index (χ4v) is 6.52. The van der Waals surface area contributed by atoms with E-state index in [1.807, 2.05) is 0 Å². The van der Waals surface area contributed by atoms with Crippen LogP contribution in [0, 0.1) is 0 Å². The minimum Gasteiger partial charge on any atom is -0.493 e. The molecule has 0 saturated heterocycles. The number of methoxy groups -OCH3 is 1. The molecule has 0 saturated carbocycles. The Balaban J connectivity index is 1.34. The second-order valence-electron chi connectivity index (χ2n) is 8.63. The summed E-state index contributed by atoms with van der Waals surface area (Å²) in [6.45, 7) is 1.30. The highest BCUT2D eigenvalue weighted by molar-refractivity contribution is 7.99. The molecule has 0 aliphatic heterocycles. The van der Waals surface area contributed by atoms with Gasteiger partial charge in [-0.2, -0.15) is 5.10 Å². The number of carbonyl (C=O) groups excluding carboxylic acids is 2. The first-order valence-corrected chi connectivity index (χ1v) is 14.2. The number of carbonyl (C=O) groups is 2. The number of aryl methyl sites for hydroxylation is 2. The van der Waals surface area contributed by atoms with E-state index in [4.69, 9.17) is 26.1 Å². The first-order valence-electron chi connectivity index (χ1n) is 12.0. The van der Waals surface area contributed by atoms with Crippen molar-refractivity contribution < 1.29 is 19.1 Å². The third kappa shape index (κ3) is 5.85. The number of amides is 1. The number of thioether (sulfide) groups is 1. The molecule has 1 N–H and O–H groups in total. The largest absolute Gasteiger partial charge is 0.493 e. The molecule has 1 aliphatic carbocycles. The van der Waals surface area contributed by atoms with Crippen molar-refractivity contribution in [1.82, 2.24) is 15.0 Å². The average molecular weight is 583 g/mol. The Labute approximate surface area is 236 Å². The number of fused-ring (bicyclic) bond motifs is 3. The van der Waals surface area contributed by atoms with Crippen LogP contribution >= 0.6 is 34.7 Å². The van der Waals surface area contributed by atoms with Gasteiger partial charge >= 0.3 is 5.97 Å². The third-order valence-electron chi connectivity index (χ3n) is 5.97. The lowest BCUT2D eigenvalue weighted by Crippen LogP contribution is -2.24. The number of hydrogen-bond acceptors (Lipinski definition) is 9. The second kappa shape index (κ2) is 11.6. The third-order valence-corrected chi connectivity index (χ3v) is 8.35. The van der Waals surface area contributed by atoms with Crippen LogP contribution < -0.4 is 20.5 Å². The monoisotopic (exact) mass is 582 g/mol. The van der Waals surface area contributed by atoms with Gasteiger partial charge in [0.2, 0.25) is 0 Å². The number of hydrazone groups is 1. The van der Waals surface area contributed by atoms with Crippen molar-refractivity contribution in [3.63, 3.8) is 0 Å². The van der Waals surface area contributed by atoms with E-state index in [0.29, 0.717) is 37.4 Å². The first kappa shape index (κ1) is 26.9. The maximum atomic E-state index is 13.7. The van der Waals surface area contributed by atoms with Crippen molar-refractivity contribution in [1.29, 1.82) is 0 Å². The van der Waals surface area contributed by atoms with Gasteiger partial charge in [0, 0.05) is 16.8 Å². The van der Waals surface area contributed by atoms with Crippen molar-refractivity contribution in [3.8, 4) is 17.2 Å². The molecule has 0 fully saturated rings. The maximum Gasteiger partial charge on any atom is 0.308 e. The molecule has 0 atom stereocenters. The molecular formula is C27H23ClN4O5S2. The van der Waals surface area contributed by atoms with Gasteiger partial charge < -0.3 is 9.47 Å². The topological polar surface area (TPSA) is 112 Å². The summed E-state index contributed by atoms with van der Waals surface area (Å²) in [5, 5.41) is 5.65. The lowest BCUT2D eigenvalue weighted by atomic mass is 10.2. The highest BCUT2D eigenvalue weighted by atomic mass is 35.5. The molecule has 39 heavy (non-hydrogen) atoms. The van der Waals surface area contributed by atoms with Gasteiger partial charge in [0.05, 0.1) is 30.2 Å². The Morgan fingerprint density at radius 3 is 2.74 bits per heavy atom. The molecule has 5 rings (SSSR count). The van der Waals surface area contributed by atoms with Gasteiger partial charge in [-0.1, -0.05) is 23.4 Å². The van der Waals surface area contributed by atoms with Crippen LogP contribution in [0.1, 0.15) is 29.3 Å². The fourth-order valence-electron chi connectivity index (χ4n) is 4.28. The highest BCUT2D eigenvalue weighted by Crippen LogP contribution is 2.36. The van der Waals surface area contributed by atoms with Crippen molar-refractivity contribution >= 4 is 63.0 Å². The molecule has 4 aromatic rings. The predicted molar refractivity (Wildman–Crippen MR) is 153 cm³/mol. The summed E-state index contributed by atoms with van der Waals surface area (Å²) in [4.78, 5) is 44.2. The van der Waals surface area contributed by atoms with Gasteiger partial charge in [-0.05, 0) is 72.9 Å². The number of nitrogens with one attached hydrogen (secondary N) is 1. The number of halogens is 1. The normalized spacial score (nSPS) is 12.6. The molecule has 1 aliphatic rings.